The lowest BCUT2D eigenvalue weighted by molar-refractivity contribution is 1.42. The number of hydrogen-bond acceptors (Lipinski definition) is 1. The molecule has 0 amide bonds. The van der Waals surface area contributed by atoms with Gasteiger partial charge in [0.25, 0.3) is 0 Å². The highest BCUT2D eigenvalue weighted by molar-refractivity contribution is 7.13. The van der Waals surface area contributed by atoms with E-state index < -0.39 is 0 Å². The fourth-order valence-corrected chi connectivity index (χ4v) is 1.94. The van der Waals surface area contributed by atoms with Crippen LogP contribution in [0.15, 0.2) is 36.4 Å². The molecule has 0 aliphatic rings. The first-order valence-electron chi connectivity index (χ1n) is 3.75. The Kier molecular flexibility index (Phi) is 1.84. The van der Waals surface area contributed by atoms with Crippen LogP contribution < -0.4 is 0 Å². The molecule has 2 aromatic heterocycles. The van der Waals surface area contributed by atoms with Crippen molar-refractivity contribution in [2.45, 2.75) is 0 Å². The standard InChI is InChI=1S/C10H9NS/c1-2-8-5-6-11-10(8)9-4-3-7-12-9/h2-7,11H,1H2. The van der Waals surface area contributed by atoms with Gasteiger partial charge in [0.2, 0.25) is 0 Å². The molecular weight excluding hydrogens is 166 g/mol. The van der Waals surface area contributed by atoms with Crippen molar-refractivity contribution in [2.75, 3.05) is 0 Å². The highest BCUT2D eigenvalue weighted by Gasteiger charge is 2.02. The van der Waals surface area contributed by atoms with Crippen molar-refractivity contribution in [3.63, 3.8) is 0 Å². The molecule has 0 radical (unpaired) electrons. The highest BCUT2D eigenvalue weighted by Crippen LogP contribution is 2.26. The van der Waals surface area contributed by atoms with Gasteiger partial charge in [0.1, 0.15) is 0 Å². The summed E-state index contributed by atoms with van der Waals surface area (Å²) in [4.78, 5) is 4.46. The summed E-state index contributed by atoms with van der Waals surface area (Å²) in [6, 6.07) is 6.18. The van der Waals surface area contributed by atoms with Crippen molar-refractivity contribution >= 4 is 17.4 Å². The van der Waals surface area contributed by atoms with Crippen LogP contribution >= 0.6 is 11.3 Å². The molecule has 12 heavy (non-hydrogen) atoms. The monoisotopic (exact) mass is 175 g/mol. The second kappa shape index (κ2) is 2.99. The van der Waals surface area contributed by atoms with Gasteiger partial charge in [-0.05, 0) is 17.5 Å². The third-order valence-electron chi connectivity index (χ3n) is 1.77. The van der Waals surface area contributed by atoms with Crippen molar-refractivity contribution < 1.29 is 0 Å². The van der Waals surface area contributed by atoms with Gasteiger partial charge in [0, 0.05) is 11.8 Å². The molecular formula is C10H9NS. The van der Waals surface area contributed by atoms with E-state index in [9.17, 15) is 0 Å². The topological polar surface area (TPSA) is 15.8 Å². The fourth-order valence-electron chi connectivity index (χ4n) is 1.19. The number of thiophene rings is 1. The molecule has 2 rings (SSSR count). The van der Waals surface area contributed by atoms with Gasteiger partial charge < -0.3 is 4.98 Å². The maximum atomic E-state index is 3.76. The van der Waals surface area contributed by atoms with E-state index in [2.05, 4.69) is 23.0 Å². The summed E-state index contributed by atoms with van der Waals surface area (Å²) in [6.07, 6.45) is 3.80. The van der Waals surface area contributed by atoms with Gasteiger partial charge >= 0.3 is 0 Å². The van der Waals surface area contributed by atoms with Gasteiger partial charge in [0.15, 0.2) is 0 Å². The lowest BCUT2D eigenvalue weighted by Crippen LogP contribution is -1.73. The summed E-state index contributed by atoms with van der Waals surface area (Å²) < 4.78 is 0. The summed E-state index contributed by atoms with van der Waals surface area (Å²) in [5, 5.41) is 2.07. The lowest BCUT2D eigenvalue weighted by Gasteiger charge is -1.93. The van der Waals surface area contributed by atoms with Crippen molar-refractivity contribution in [3.05, 3.63) is 41.9 Å². The van der Waals surface area contributed by atoms with E-state index in [0.29, 0.717) is 0 Å². The fraction of sp³-hybridized carbons (Fsp3) is 0. The lowest BCUT2D eigenvalue weighted by atomic mass is 10.2. The zero-order chi connectivity index (χ0) is 8.39. The molecule has 0 aromatic carbocycles. The molecule has 2 aromatic rings. The van der Waals surface area contributed by atoms with Crippen LogP contribution in [0.5, 0.6) is 0 Å². The first-order valence-corrected chi connectivity index (χ1v) is 4.63. The molecule has 1 N–H and O–H groups in total. The van der Waals surface area contributed by atoms with E-state index in [1.165, 1.54) is 10.6 Å². The molecule has 0 saturated carbocycles. The van der Waals surface area contributed by atoms with Crippen molar-refractivity contribution in [1.29, 1.82) is 0 Å². The maximum Gasteiger partial charge on any atom is 0.0628 e. The van der Waals surface area contributed by atoms with Gasteiger partial charge in [-0.1, -0.05) is 18.7 Å². The van der Waals surface area contributed by atoms with E-state index in [0.717, 1.165) is 5.56 Å². The van der Waals surface area contributed by atoms with Crippen molar-refractivity contribution in [3.8, 4) is 10.6 Å². The van der Waals surface area contributed by atoms with Crippen LogP contribution in [0.2, 0.25) is 0 Å². The number of hydrogen-bond donors (Lipinski definition) is 1. The van der Waals surface area contributed by atoms with Crippen molar-refractivity contribution in [2.24, 2.45) is 0 Å². The minimum Gasteiger partial charge on any atom is -0.360 e. The van der Waals surface area contributed by atoms with Crippen molar-refractivity contribution in [1.82, 2.24) is 4.98 Å². The van der Waals surface area contributed by atoms with E-state index in [-0.39, 0.29) is 0 Å². The van der Waals surface area contributed by atoms with E-state index in [4.69, 9.17) is 0 Å². The molecule has 0 aliphatic carbocycles. The van der Waals surface area contributed by atoms with E-state index >= 15 is 0 Å². The van der Waals surface area contributed by atoms with Crippen LogP contribution in [-0.2, 0) is 0 Å². The van der Waals surface area contributed by atoms with Crippen LogP contribution in [0.25, 0.3) is 16.6 Å². The molecule has 0 fully saturated rings. The molecule has 0 bridgehead atoms. The minimum atomic E-state index is 1.16. The summed E-state index contributed by atoms with van der Waals surface area (Å²) in [5.74, 6) is 0. The average Bonchev–Trinajstić information content (AvgIpc) is 2.74. The Morgan fingerprint density at radius 1 is 1.42 bits per heavy atom. The quantitative estimate of drug-likeness (QED) is 0.720. The minimum absolute atomic E-state index is 1.16. The molecule has 0 saturated heterocycles. The molecule has 2 heterocycles. The predicted octanol–water partition coefficient (Wildman–Crippen LogP) is 3.39. The van der Waals surface area contributed by atoms with Crippen LogP contribution in [-0.4, -0.2) is 4.98 Å². The highest BCUT2D eigenvalue weighted by atomic mass is 32.1. The Hall–Kier alpha value is -1.28. The molecule has 60 valence electrons. The largest absolute Gasteiger partial charge is 0.360 e. The number of aromatic amines is 1. The molecule has 0 aliphatic heterocycles. The predicted molar refractivity (Wildman–Crippen MR) is 54.2 cm³/mol. The Labute approximate surface area is 75.4 Å². The molecule has 0 atom stereocenters. The molecule has 1 nitrogen and oxygen atoms in total. The molecule has 0 unspecified atom stereocenters. The zero-order valence-corrected chi connectivity index (χ0v) is 7.40. The van der Waals surface area contributed by atoms with Crippen LogP contribution in [0.1, 0.15) is 5.56 Å². The summed E-state index contributed by atoms with van der Waals surface area (Å²) in [6.45, 7) is 3.76. The Bertz CT molecular complexity index is 370. The van der Waals surface area contributed by atoms with E-state index in [1.807, 2.05) is 24.4 Å². The van der Waals surface area contributed by atoms with Crippen LogP contribution in [0, 0.1) is 0 Å². The third-order valence-corrected chi connectivity index (χ3v) is 2.65. The van der Waals surface area contributed by atoms with Gasteiger partial charge in [-0.3, -0.25) is 0 Å². The smallest absolute Gasteiger partial charge is 0.0628 e. The van der Waals surface area contributed by atoms with Crippen LogP contribution in [0.3, 0.4) is 0 Å². The van der Waals surface area contributed by atoms with E-state index in [1.54, 1.807) is 11.3 Å². The Morgan fingerprint density at radius 2 is 2.33 bits per heavy atom. The Balaban J connectivity index is 2.53. The van der Waals surface area contributed by atoms with Gasteiger partial charge in [0.05, 0.1) is 10.6 Å². The maximum absolute atomic E-state index is 3.76. The summed E-state index contributed by atoms with van der Waals surface area (Å²) in [5.41, 5.74) is 2.33. The molecule has 0 spiro atoms. The normalized spacial score (nSPS) is 10.0. The molecule has 2 heteroatoms. The Morgan fingerprint density at radius 3 is 3.00 bits per heavy atom. The second-order valence-electron chi connectivity index (χ2n) is 2.49. The van der Waals surface area contributed by atoms with Gasteiger partial charge in [-0.15, -0.1) is 11.3 Å². The zero-order valence-electron chi connectivity index (χ0n) is 6.58. The average molecular weight is 175 g/mol. The number of nitrogens with one attached hydrogen (secondary N) is 1. The van der Waals surface area contributed by atoms with Crippen LogP contribution in [0.4, 0.5) is 0 Å². The first kappa shape index (κ1) is 7.37. The number of rotatable bonds is 2. The SMILES string of the molecule is C=Cc1cc[nH]c1-c1cccs1. The summed E-state index contributed by atoms with van der Waals surface area (Å²) >= 11 is 1.73. The second-order valence-corrected chi connectivity index (χ2v) is 3.44. The van der Waals surface area contributed by atoms with Gasteiger partial charge in [-0.25, -0.2) is 0 Å². The number of aromatic nitrogens is 1. The van der Waals surface area contributed by atoms with Gasteiger partial charge in [-0.2, -0.15) is 0 Å². The number of H-pyrrole nitrogens is 1. The summed E-state index contributed by atoms with van der Waals surface area (Å²) in [7, 11) is 0. The first-order chi connectivity index (χ1) is 5.92. The third kappa shape index (κ3) is 1.10.